The van der Waals surface area contributed by atoms with E-state index in [-0.39, 0.29) is 36.4 Å². The van der Waals surface area contributed by atoms with Crippen LogP contribution in [0.2, 0.25) is 0 Å². The first-order chi connectivity index (χ1) is 12.8. The number of halogens is 1. The molecule has 146 valence electrons. The van der Waals surface area contributed by atoms with Crippen LogP contribution in [0.15, 0.2) is 58.1 Å². The summed E-state index contributed by atoms with van der Waals surface area (Å²) in [5.41, 5.74) is 1.24. The van der Waals surface area contributed by atoms with Gasteiger partial charge in [-0.3, -0.25) is 9.79 Å². The van der Waals surface area contributed by atoms with Crippen molar-refractivity contribution >= 4 is 41.5 Å². The molecule has 7 nitrogen and oxygen atoms in total. The fourth-order valence-corrected chi connectivity index (χ4v) is 2.97. The number of carbonyl (C=O) groups is 1. The van der Waals surface area contributed by atoms with Gasteiger partial charge in [0.2, 0.25) is 5.91 Å². The predicted molar refractivity (Wildman–Crippen MR) is 118 cm³/mol. The van der Waals surface area contributed by atoms with Crippen LogP contribution in [0.5, 0.6) is 0 Å². The van der Waals surface area contributed by atoms with Crippen molar-refractivity contribution in [2.75, 3.05) is 44.7 Å². The molecule has 0 radical (unpaired) electrons. The third-order valence-electron chi connectivity index (χ3n) is 4.36. The molecule has 27 heavy (non-hydrogen) atoms. The Morgan fingerprint density at radius 1 is 1.07 bits per heavy atom. The van der Waals surface area contributed by atoms with Gasteiger partial charge in [0, 0.05) is 38.9 Å². The van der Waals surface area contributed by atoms with Gasteiger partial charge in [0.05, 0.1) is 19.4 Å². The first-order valence-electron chi connectivity index (χ1n) is 8.81. The smallest absolute Gasteiger partial charge is 0.239 e. The topological polar surface area (TPSA) is 73.1 Å². The van der Waals surface area contributed by atoms with Crippen molar-refractivity contribution in [3.63, 3.8) is 0 Å². The average molecular weight is 483 g/mol. The van der Waals surface area contributed by atoms with Crippen molar-refractivity contribution in [1.82, 2.24) is 15.5 Å². The SMILES string of the molecule is CN=C(NCC(=O)NCc1ccco1)N1CCN(c2ccccc2)CC1.I. The minimum Gasteiger partial charge on any atom is -0.467 e. The molecule has 1 amide bonds. The highest BCUT2D eigenvalue weighted by atomic mass is 127. The molecule has 8 heteroatoms. The minimum atomic E-state index is -0.0922. The highest BCUT2D eigenvalue weighted by Gasteiger charge is 2.20. The molecule has 0 saturated carbocycles. The molecule has 0 atom stereocenters. The Bertz CT molecular complexity index is 713. The van der Waals surface area contributed by atoms with Crippen LogP contribution in [-0.4, -0.2) is 56.5 Å². The molecule has 1 saturated heterocycles. The summed E-state index contributed by atoms with van der Waals surface area (Å²) >= 11 is 0. The maximum absolute atomic E-state index is 12.0. The second-order valence-corrected chi connectivity index (χ2v) is 6.07. The molecule has 1 fully saturated rings. The zero-order valence-corrected chi connectivity index (χ0v) is 17.8. The number of carbonyl (C=O) groups excluding carboxylic acids is 1. The number of amides is 1. The number of hydrogen-bond acceptors (Lipinski definition) is 4. The highest BCUT2D eigenvalue weighted by Crippen LogP contribution is 2.15. The lowest BCUT2D eigenvalue weighted by Gasteiger charge is -2.37. The summed E-state index contributed by atoms with van der Waals surface area (Å²) in [6, 6.07) is 14.0. The van der Waals surface area contributed by atoms with Crippen LogP contribution in [0, 0.1) is 0 Å². The van der Waals surface area contributed by atoms with E-state index in [0.717, 1.165) is 37.9 Å². The summed E-state index contributed by atoms with van der Waals surface area (Å²) in [5, 5.41) is 5.96. The van der Waals surface area contributed by atoms with E-state index in [0.29, 0.717) is 6.54 Å². The zero-order valence-electron chi connectivity index (χ0n) is 15.4. The number of nitrogens with one attached hydrogen (secondary N) is 2. The molecule has 0 spiro atoms. The molecule has 1 aromatic carbocycles. The third-order valence-corrected chi connectivity index (χ3v) is 4.36. The maximum atomic E-state index is 12.0. The summed E-state index contributed by atoms with van der Waals surface area (Å²) in [6.45, 7) is 4.16. The molecule has 1 aliphatic heterocycles. The zero-order chi connectivity index (χ0) is 18.2. The number of aliphatic imine (C=N–C) groups is 1. The average Bonchev–Trinajstić information content (AvgIpc) is 3.22. The number of guanidine groups is 1. The molecule has 3 rings (SSSR count). The van der Waals surface area contributed by atoms with Gasteiger partial charge < -0.3 is 24.9 Å². The Hall–Kier alpha value is -2.23. The highest BCUT2D eigenvalue weighted by molar-refractivity contribution is 14.0. The van der Waals surface area contributed by atoms with Crippen molar-refractivity contribution in [3.05, 3.63) is 54.5 Å². The predicted octanol–water partition coefficient (Wildman–Crippen LogP) is 1.91. The molecule has 1 aromatic heterocycles. The summed E-state index contributed by atoms with van der Waals surface area (Å²) in [7, 11) is 1.74. The van der Waals surface area contributed by atoms with Crippen molar-refractivity contribution in [1.29, 1.82) is 0 Å². The van der Waals surface area contributed by atoms with E-state index in [4.69, 9.17) is 4.42 Å². The number of hydrogen-bond donors (Lipinski definition) is 2. The van der Waals surface area contributed by atoms with Crippen LogP contribution in [0.3, 0.4) is 0 Å². The van der Waals surface area contributed by atoms with E-state index in [2.05, 4.69) is 49.7 Å². The van der Waals surface area contributed by atoms with E-state index < -0.39 is 0 Å². The third kappa shape index (κ3) is 6.16. The van der Waals surface area contributed by atoms with E-state index in [9.17, 15) is 4.79 Å². The molecule has 1 aliphatic rings. The van der Waals surface area contributed by atoms with Gasteiger partial charge in [0.15, 0.2) is 5.96 Å². The van der Waals surface area contributed by atoms with Crippen molar-refractivity contribution < 1.29 is 9.21 Å². The number of para-hydroxylation sites is 1. The van der Waals surface area contributed by atoms with Gasteiger partial charge in [-0.15, -0.1) is 24.0 Å². The van der Waals surface area contributed by atoms with Gasteiger partial charge in [0.1, 0.15) is 5.76 Å². The molecule has 2 N–H and O–H groups in total. The summed E-state index contributed by atoms with van der Waals surface area (Å²) in [6.07, 6.45) is 1.59. The number of benzene rings is 1. The second-order valence-electron chi connectivity index (χ2n) is 6.07. The van der Waals surface area contributed by atoms with E-state index >= 15 is 0 Å². The van der Waals surface area contributed by atoms with Gasteiger partial charge in [-0.2, -0.15) is 0 Å². The van der Waals surface area contributed by atoms with Crippen molar-refractivity contribution in [3.8, 4) is 0 Å². The first-order valence-corrected chi connectivity index (χ1v) is 8.81. The van der Waals surface area contributed by atoms with Crippen molar-refractivity contribution in [2.45, 2.75) is 6.54 Å². The van der Waals surface area contributed by atoms with Gasteiger partial charge >= 0.3 is 0 Å². The molecule has 2 heterocycles. The number of furan rings is 1. The van der Waals surface area contributed by atoms with Gasteiger partial charge in [-0.1, -0.05) is 18.2 Å². The first kappa shape index (κ1) is 21.1. The fourth-order valence-electron chi connectivity index (χ4n) is 2.97. The van der Waals surface area contributed by atoms with E-state index in [1.807, 2.05) is 12.1 Å². The number of rotatable bonds is 5. The number of anilines is 1. The van der Waals surface area contributed by atoms with Crippen LogP contribution >= 0.6 is 24.0 Å². The second kappa shape index (κ2) is 10.8. The number of piperazine rings is 1. The van der Waals surface area contributed by atoms with Crippen LogP contribution in [0.4, 0.5) is 5.69 Å². The Kier molecular flexibility index (Phi) is 8.43. The minimum absolute atomic E-state index is 0. The standard InChI is InChI=1S/C19H25N5O2.HI/c1-20-19(22-15-18(25)21-14-17-8-5-13-26-17)24-11-9-23(10-12-24)16-6-3-2-4-7-16;/h2-8,13H,9-12,14-15H2,1H3,(H,20,22)(H,21,25);1H. The maximum Gasteiger partial charge on any atom is 0.239 e. The summed E-state index contributed by atoms with van der Waals surface area (Å²) in [5.74, 6) is 1.40. The number of nitrogens with zero attached hydrogens (tertiary/aromatic N) is 3. The molecular weight excluding hydrogens is 457 g/mol. The fraction of sp³-hybridized carbons (Fsp3) is 0.368. The van der Waals surface area contributed by atoms with E-state index in [1.165, 1.54) is 5.69 Å². The van der Waals surface area contributed by atoms with Gasteiger partial charge in [0.25, 0.3) is 0 Å². The molecule has 0 bridgehead atoms. The molecular formula is C19H26IN5O2. The van der Waals surface area contributed by atoms with Gasteiger partial charge in [-0.25, -0.2) is 0 Å². The molecule has 0 unspecified atom stereocenters. The largest absolute Gasteiger partial charge is 0.467 e. The van der Waals surface area contributed by atoms with Gasteiger partial charge in [-0.05, 0) is 24.3 Å². The molecule has 0 aliphatic carbocycles. The lowest BCUT2D eigenvalue weighted by molar-refractivity contribution is -0.120. The summed E-state index contributed by atoms with van der Waals surface area (Å²) in [4.78, 5) is 20.8. The Labute approximate surface area is 176 Å². The Balaban J connectivity index is 0.00000261. The van der Waals surface area contributed by atoms with Crippen LogP contribution in [0.25, 0.3) is 0 Å². The van der Waals surface area contributed by atoms with Crippen LogP contribution in [-0.2, 0) is 11.3 Å². The lowest BCUT2D eigenvalue weighted by Crippen LogP contribution is -2.53. The monoisotopic (exact) mass is 483 g/mol. The molecule has 2 aromatic rings. The van der Waals surface area contributed by atoms with E-state index in [1.54, 1.807) is 19.4 Å². The van der Waals surface area contributed by atoms with Crippen LogP contribution in [0.1, 0.15) is 5.76 Å². The van der Waals surface area contributed by atoms with Crippen LogP contribution < -0.4 is 15.5 Å². The lowest BCUT2D eigenvalue weighted by atomic mass is 10.2. The normalized spacial score (nSPS) is 14.5. The Morgan fingerprint density at radius 3 is 2.44 bits per heavy atom. The Morgan fingerprint density at radius 2 is 1.81 bits per heavy atom. The quantitative estimate of drug-likeness (QED) is 0.386. The van der Waals surface area contributed by atoms with Crippen molar-refractivity contribution in [2.24, 2.45) is 4.99 Å². The summed E-state index contributed by atoms with van der Waals surface area (Å²) < 4.78 is 5.20.